The van der Waals surface area contributed by atoms with Crippen LogP contribution in [0.2, 0.25) is 0 Å². The number of aryl methyl sites for hydroxylation is 2. The fraction of sp³-hybridized carbons (Fsp3) is 0.533. The van der Waals surface area contributed by atoms with E-state index in [0.717, 1.165) is 16.7 Å². The van der Waals surface area contributed by atoms with Crippen LogP contribution in [0.3, 0.4) is 0 Å². The van der Waals surface area contributed by atoms with E-state index >= 15 is 0 Å². The molecule has 1 fully saturated rings. The normalized spacial score (nSPS) is 19.1. The number of hydrogen-bond acceptors (Lipinski definition) is 2. The molecule has 98 valence electrons. The van der Waals surface area contributed by atoms with Crippen LogP contribution in [0.15, 0.2) is 18.2 Å². The molecule has 1 N–H and O–H groups in total. The van der Waals surface area contributed by atoms with Crippen LogP contribution in [0.1, 0.15) is 36.0 Å². The Morgan fingerprint density at radius 1 is 1.44 bits per heavy atom. The van der Waals surface area contributed by atoms with Gasteiger partial charge in [0.15, 0.2) is 0 Å². The van der Waals surface area contributed by atoms with Gasteiger partial charge in [-0.1, -0.05) is 30.7 Å². The number of rotatable bonds is 4. The quantitative estimate of drug-likeness (QED) is 0.891. The summed E-state index contributed by atoms with van der Waals surface area (Å²) in [7, 11) is 0. The predicted octanol–water partition coefficient (Wildman–Crippen LogP) is 2.90. The summed E-state index contributed by atoms with van der Waals surface area (Å²) in [5.41, 5.74) is 3.11. The second-order valence-electron chi connectivity index (χ2n) is 5.76. The summed E-state index contributed by atoms with van der Waals surface area (Å²) in [6.45, 7) is 7.40. The SMILES string of the molecule is Cc1ccc(C)c(C(CC2(C)COC2)C(=O)O)c1. The topological polar surface area (TPSA) is 46.5 Å². The summed E-state index contributed by atoms with van der Waals surface area (Å²) in [5.74, 6) is -1.17. The standard InChI is InChI=1S/C15H20O3/c1-10-4-5-11(2)12(6-10)13(14(16)17)7-15(3)8-18-9-15/h4-6,13H,7-9H2,1-3H3,(H,16,17). The fourth-order valence-corrected chi connectivity index (χ4v) is 2.53. The van der Waals surface area contributed by atoms with Gasteiger partial charge in [0.1, 0.15) is 0 Å². The smallest absolute Gasteiger partial charge is 0.311 e. The molecule has 1 atom stereocenters. The van der Waals surface area contributed by atoms with Crippen LogP contribution < -0.4 is 0 Å². The van der Waals surface area contributed by atoms with Crippen molar-refractivity contribution >= 4 is 5.97 Å². The van der Waals surface area contributed by atoms with Crippen LogP contribution in [0.25, 0.3) is 0 Å². The summed E-state index contributed by atoms with van der Waals surface area (Å²) >= 11 is 0. The molecule has 0 aromatic heterocycles. The largest absolute Gasteiger partial charge is 0.481 e. The zero-order valence-corrected chi connectivity index (χ0v) is 11.2. The van der Waals surface area contributed by atoms with Crippen LogP contribution in [-0.2, 0) is 9.53 Å². The summed E-state index contributed by atoms with van der Waals surface area (Å²) in [6.07, 6.45) is 0.645. The highest BCUT2D eigenvalue weighted by Gasteiger charge is 2.38. The van der Waals surface area contributed by atoms with Gasteiger partial charge in [0, 0.05) is 5.41 Å². The van der Waals surface area contributed by atoms with Crippen molar-refractivity contribution in [1.82, 2.24) is 0 Å². The number of hydrogen-bond donors (Lipinski definition) is 1. The lowest BCUT2D eigenvalue weighted by Gasteiger charge is -2.40. The van der Waals surface area contributed by atoms with Gasteiger partial charge in [0.05, 0.1) is 19.1 Å². The van der Waals surface area contributed by atoms with Crippen LogP contribution in [0.5, 0.6) is 0 Å². The van der Waals surface area contributed by atoms with Gasteiger partial charge in [0.25, 0.3) is 0 Å². The Hall–Kier alpha value is -1.35. The Kier molecular flexibility index (Phi) is 3.44. The Labute approximate surface area is 108 Å². The minimum atomic E-state index is -0.739. The third-order valence-corrected chi connectivity index (χ3v) is 3.71. The molecule has 3 nitrogen and oxygen atoms in total. The summed E-state index contributed by atoms with van der Waals surface area (Å²) < 4.78 is 5.22. The molecule has 3 heteroatoms. The molecule has 0 radical (unpaired) electrons. The van der Waals surface area contributed by atoms with E-state index in [1.165, 1.54) is 0 Å². The molecule has 1 saturated heterocycles. The lowest BCUT2D eigenvalue weighted by molar-refractivity contribution is -0.145. The Morgan fingerprint density at radius 2 is 2.11 bits per heavy atom. The molecule has 1 unspecified atom stereocenters. The molecule has 1 aromatic carbocycles. The van der Waals surface area contributed by atoms with E-state index in [1.807, 2.05) is 32.0 Å². The monoisotopic (exact) mass is 248 g/mol. The van der Waals surface area contributed by atoms with Crippen molar-refractivity contribution in [1.29, 1.82) is 0 Å². The van der Waals surface area contributed by atoms with Crippen LogP contribution >= 0.6 is 0 Å². The molecular formula is C15H20O3. The second kappa shape index (κ2) is 4.73. The molecular weight excluding hydrogens is 228 g/mol. The predicted molar refractivity (Wildman–Crippen MR) is 69.8 cm³/mol. The zero-order valence-electron chi connectivity index (χ0n) is 11.2. The maximum absolute atomic E-state index is 11.5. The minimum absolute atomic E-state index is 0.0131. The average Bonchev–Trinajstić information content (AvgIpc) is 2.27. The first-order chi connectivity index (χ1) is 8.41. The first-order valence-electron chi connectivity index (χ1n) is 6.29. The molecule has 1 aliphatic heterocycles. The number of carboxylic acids is 1. The molecule has 0 spiro atoms. The summed E-state index contributed by atoms with van der Waals surface area (Å²) in [5, 5.41) is 9.48. The van der Waals surface area contributed by atoms with Gasteiger partial charge < -0.3 is 9.84 Å². The van der Waals surface area contributed by atoms with Crippen molar-refractivity contribution in [3.05, 3.63) is 34.9 Å². The van der Waals surface area contributed by atoms with Crippen molar-refractivity contribution in [2.24, 2.45) is 5.41 Å². The highest BCUT2D eigenvalue weighted by Crippen LogP contribution is 2.38. The van der Waals surface area contributed by atoms with E-state index in [9.17, 15) is 9.90 Å². The first-order valence-corrected chi connectivity index (χ1v) is 6.29. The van der Waals surface area contributed by atoms with E-state index in [0.29, 0.717) is 19.6 Å². The van der Waals surface area contributed by atoms with Gasteiger partial charge in [-0.3, -0.25) is 4.79 Å². The fourth-order valence-electron chi connectivity index (χ4n) is 2.53. The number of aliphatic carboxylic acids is 1. The van der Waals surface area contributed by atoms with Gasteiger partial charge in [-0.25, -0.2) is 0 Å². The molecule has 0 amide bonds. The van der Waals surface area contributed by atoms with Crippen molar-refractivity contribution in [3.8, 4) is 0 Å². The van der Waals surface area contributed by atoms with Crippen LogP contribution in [0, 0.1) is 19.3 Å². The van der Waals surface area contributed by atoms with Gasteiger partial charge >= 0.3 is 5.97 Å². The van der Waals surface area contributed by atoms with Crippen LogP contribution in [0.4, 0.5) is 0 Å². The lowest BCUT2D eigenvalue weighted by atomic mass is 9.76. The third-order valence-electron chi connectivity index (χ3n) is 3.71. The van der Waals surface area contributed by atoms with Crippen molar-refractivity contribution in [2.75, 3.05) is 13.2 Å². The molecule has 1 heterocycles. The second-order valence-corrected chi connectivity index (χ2v) is 5.76. The lowest BCUT2D eigenvalue weighted by Crippen LogP contribution is -2.41. The molecule has 1 aliphatic rings. The number of ether oxygens (including phenoxy) is 1. The van der Waals surface area contributed by atoms with Crippen molar-refractivity contribution in [3.63, 3.8) is 0 Å². The summed E-state index contributed by atoms with van der Waals surface area (Å²) in [6, 6.07) is 6.02. The average molecular weight is 248 g/mol. The third kappa shape index (κ3) is 2.56. The number of benzene rings is 1. The van der Waals surface area contributed by atoms with Gasteiger partial charge in [0.2, 0.25) is 0 Å². The Bertz CT molecular complexity index is 461. The number of carboxylic acid groups (broad SMARTS) is 1. The van der Waals surface area contributed by atoms with Gasteiger partial charge in [-0.05, 0) is 31.4 Å². The van der Waals surface area contributed by atoms with E-state index < -0.39 is 11.9 Å². The zero-order chi connectivity index (χ0) is 13.3. The summed E-state index contributed by atoms with van der Waals surface area (Å²) in [4.78, 5) is 11.5. The van der Waals surface area contributed by atoms with E-state index in [-0.39, 0.29) is 5.41 Å². The maximum atomic E-state index is 11.5. The van der Waals surface area contributed by atoms with Crippen LogP contribution in [-0.4, -0.2) is 24.3 Å². The minimum Gasteiger partial charge on any atom is -0.481 e. The molecule has 0 bridgehead atoms. The molecule has 0 saturated carbocycles. The highest BCUT2D eigenvalue weighted by molar-refractivity contribution is 5.76. The van der Waals surface area contributed by atoms with Gasteiger partial charge in [-0.15, -0.1) is 0 Å². The van der Waals surface area contributed by atoms with Gasteiger partial charge in [-0.2, -0.15) is 0 Å². The first kappa shape index (κ1) is 13.1. The Morgan fingerprint density at radius 3 is 2.61 bits per heavy atom. The van der Waals surface area contributed by atoms with E-state index in [1.54, 1.807) is 0 Å². The highest BCUT2D eigenvalue weighted by atomic mass is 16.5. The van der Waals surface area contributed by atoms with E-state index in [2.05, 4.69) is 6.92 Å². The molecule has 18 heavy (non-hydrogen) atoms. The molecule has 0 aliphatic carbocycles. The van der Waals surface area contributed by atoms with E-state index in [4.69, 9.17) is 4.74 Å². The maximum Gasteiger partial charge on any atom is 0.311 e. The molecule has 1 aromatic rings. The number of carbonyl (C=O) groups is 1. The Balaban J connectivity index is 2.29. The molecule has 2 rings (SSSR count). The van der Waals surface area contributed by atoms with Crippen molar-refractivity contribution < 1.29 is 14.6 Å². The van der Waals surface area contributed by atoms with Crippen molar-refractivity contribution in [2.45, 2.75) is 33.1 Å².